The number of nitrogen functional groups attached to an aromatic ring is 1. The zero-order chi connectivity index (χ0) is 14.1. The van der Waals surface area contributed by atoms with Crippen molar-refractivity contribution in [1.29, 1.82) is 0 Å². The Morgan fingerprint density at radius 3 is 2.85 bits per heavy atom. The molecule has 0 spiro atoms. The summed E-state index contributed by atoms with van der Waals surface area (Å²) in [6.07, 6.45) is 3.61. The van der Waals surface area contributed by atoms with Crippen LogP contribution in [0.5, 0.6) is 0 Å². The predicted molar refractivity (Wildman–Crippen MR) is 71.7 cm³/mol. The maximum atomic E-state index is 12.3. The third-order valence-electron chi connectivity index (χ3n) is 3.26. The fraction of sp³-hybridized carbons (Fsp3) is 0.417. The molecule has 0 saturated carbocycles. The Morgan fingerprint density at radius 1 is 1.35 bits per heavy atom. The lowest BCUT2D eigenvalue weighted by Crippen LogP contribution is -2.31. The van der Waals surface area contributed by atoms with Crippen LogP contribution in [0, 0.1) is 0 Å². The van der Waals surface area contributed by atoms with Crippen molar-refractivity contribution < 1.29 is 4.74 Å². The summed E-state index contributed by atoms with van der Waals surface area (Å²) in [6, 6.07) is 3.11. The first kappa shape index (κ1) is 12.7. The Balaban J connectivity index is 2.04. The minimum absolute atomic E-state index is 0.236. The van der Waals surface area contributed by atoms with Gasteiger partial charge in [0.25, 0.3) is 0 Å². The van der Waals surface area contributed by atoms with E-state index < -0.39 is 17.6 Å². The molecule has 0 radical (unpaired) electrons. The number of nitrogens with one attached hydrogen (secondary N) is 1. The summed E-state index contributed by atoms with van der Waals surface area (Å²) in [5, 5.41) is 2.51. The van der Waals surface area contributed by atoms with Crippen LogP contribution in [0.4, 0.5) is 5.69 Å². The van der Waals surface area contributed by atoms with E-state index in [1.54, 1.807) is 6.07 Å². The molecule has 1 unspecified atom stereocenters. The maximum Gasteiger partial charge on any atom is 0.355 e. The molecule has 20 heavy (non-hydrogen) atoms. The van der Waals surface area contributed by atoms with Crippen molar-refractivity contribution in [2.75, 3.05) is 12.3 Å². The summed E-state index contributed by atoms with van der Waals surface area (Å²) in [5.74, 6) is 0.236. The van der Waals surface area contributed by atoms with Crippen LogP contribution >= 0.6 is 0 Å². The van der Waals surface area contributed by atoms with Gasteiger partial charge in [0, 0.05) is 6.61 Å². The van der Waals surface area contributed by atoms with Gasteiger partial charge in [-0.05, 0) is 31.4 Å². The molecule has 1 atom stereocenters. The largest absolute Gasteiger partial charge is 0.397 e. The fourth-order valence-corrected chi connectivity index (χ4v) is 2.25. The van der Waals surface area contributed by atoms with Gasteiger partial charge in [-0.1, -0.05) is 0 Å². The lowest BCUT2D eigenvalue weighted by Gasteiger charge is -2.21. The number of rotatable bonds is 2. The zero-order valence-corrected chi connectivity index (χ0v) is 10.8. The number of aromatic amines is 1. The number of hydrogen-bond acceptors (Lipinski definition) is 5. The van der Waals surface area contributed by atoms with E-state index in [1.165, 1.54) is 16.9 Å². The van der Waals surface area contributed by atoms with Gasteiger partial charge in [-0.15, -0.1) is 0 Å². The third-order valence-corrected chi connectivity index (χ3v) is 3.26. The van der Waals surface area contributed by atoms with Crippen molar-refractivity contribution in [1.82, 2.24) is 19.3 Å². The standard InChI is InChI=1S/C12H15N5O3/c13-8-4-5-9(14-7-8)16-11(18)15-17(12(16)19)10-3-1-2-6-20-10/h4-5,7,10H,1-3,6,13H2,(H,15,18). The van der Waals surface area contributed by atoms with E-state index in [2.05, 4.69) is 10.1 Å². The van der Waals surface area contributed by atoms with E-state index in [9.17, 15) is 9.59 Å². The Hall–Kier alpha value is -2.35. The zero-order valence-electron chi connectivity index (χ0n) is 10.8. The molecule has 2 aromatic heterocycles. The van der Waals surface area contributed by atoms with E-state index in [-0.39, 0.29) is 5.82 Å². The van der Waals surface area contributed by atoms with Crippen molar-refractivity contribution >= 4 is 5.69 Å². The number of nitrogens with zero attached hydrogens (tertiary/aromatic N) is 3. The fourth-order valence-electron chi connectivity index (χ4n) is 2.25. The summed E-state index contributed by atoms with van der Waals surface area (Å²) < 4.78 is 7.70. The van der Waals surface area contributed by atoms with Gasteiger partial charge in [0.15, 0.2) is 6.23 Å². The van der Waals surface area contributed by atoms with Gasteiger partial charge in [0.05, 0.1) is 11.9 Å². The molecule has 0 amide bonds. The van der Waals surface area contributed by atoms with Crippen LogP contribution in [0.25, 0.3) is 5.82 Å². The molecule has 1 saturated heterocycles. The first-order valence-corrected chi connectivity index (χ1v) is 6.44. The Labute approximate surface area is 113 Å². The average molecular weight is 277 g/mol. The van der Waals surface area contributed by atoms with Crippen LogP contribution in [0.2, 0.25) is 0 Å². The third kappa shape index (κ3) is 2.14. The van der Waals surface area contributed by atoms with Crippen LogP contribution < -0.4 is 17.1 Å². The van der Waals surface area contributed by atoms with E-state index in [0.29, 0.717) is 18.7 Å². The molecule has 8 heteroatoms. The quantitative estimate of drug-likeness (QED) is 0.803. The first-order chi connectivity index (χ1) is 9.66. The summed E-state index contributed by atoms with van der Waals surface area (Å²) in [5.41, 5.74) is 4.98. The van der Waals surface area contributed by atoms with Gasteiger partial charge in [-0.2, -0.15) is 4.57 Å². The maximum absolute atomic E-state index is 12.3. The van der Waals surface area contributed by atoms with Crippen LogP contribution in [0.15, 0.2) is 27.9 Å². The van der Waals surface area contributed by atoms with E-state index in [4.69, 9.17) is 10.5 Å². The molecular weight excluding hydrogens is 262 g/mol. The Morgan fingerprint density at radius 2 is 2.20 bits per heavy atom. The normalized spacial score (nSPS) is 19.1. The number of anilines is 1. The number of nitrogens with two attached hydrogens (primary N) is 1. The highest BCUT2D eigenvalue weighted by Crippen LogP contribution is 2.19. The van der Waals surface area contributed by atoms with Gasteiger partial charge in [0.1, 0.15) is 5.82 Å². The minimum atomic E-state index is -0.540. The molecule has 2 aromatic rings. The van der Waals surface area contributed by atoms with Crippen molar-refractivity contribution in [3.8, 4) is 5.82 Å². The molecule has 3 rings (SSSR count). The predicted octanol–water partition coefficient (Wildman–Crippen LogP) is 0.00360. The van der Waals surface area contributed by atoms with Crippen LogP contribution in [-0.2, 0) is 4.74 Å². The van der Waals surface area contributed by atoms with Crippen molar-refractivity contribution in [3.63, 3.8) is 0 Å². The highest BCUT2D eigenvalue weighted by Gasteiger charge is 2.21. The molecule has 1 fully saturated rings. The van der Waals surface area contributed by atoms with Crippen molar-refractivity contribution in [3.05, 3.63) is 39.3 Å². The first-order valence-electron chi connectivity index (χ1n) is 6.44. The molecule has 0 aromatic carbocycles. The second-order valence-electron chi connectivity index (χ2n) is 4.68. The van der Waals surface area contributed by atoms with E-state index >= 15 is 0 Å². The molecule has 1 aliphatic rings. The minimum Gasteiger partial charge on any atom is -0.397 e. The second-order valence-corrected chi connectivity index (χ2v) is 4.68. The lowest BCUT2D eigenvalue weighted by molar-refractivity contribution is -0.0420. The topological polar surface area (TPSA) is 108 Å². The van der Waals surface area contributed by atoms with Crippen LogP contribution in [-0.4, -0.2) is 25.9 Å². The number of pyridine rings is 1. The molecule has 1 aliphatic heterocycles. The number of hydrogen-bond donors (Lipinski definition) is 2. The molecule has 0 aliphatic carbocycles. The summed E-state index contributed by atoms with van der Waals surface area (Å²) in [6.45, 7) is 0.588. The molecule has 106 valence electrons. The molecular formula is C12H15N5O3. The SMILES string of the molecule is Nc1ccc(-n2c(=O)[nH]n(C3CCCCO3)c2=O)nc1. The van der Waals surface area contributed by atoms with Crippen molar-refractivity contribution in [2.45, 2.75) is 25.5 Å². The summed E-state index contributed by atoms with van der Waals surface area (Å²) in [7, 11) is 0. The number of aromatic nitrogens is 4. The summed E-state index contributed by atoms with van der Waals surface area (Å²) in [4.78, 5) is 28.3. The summed E-state index contributed by atoms with van der Waals surface area (Å²) >= 11 is 0. The van der Waals surface area contributed by atoms with Gasteiger partial charge < -0.3 is 10.5 Å². The number of H-pyrrole nitrogens is 1. The molecule has 8 nitrogen and oxygen atoms in total. The molecule has 0 bridgehead atoms. The van der Waals surface area contributed by atoms with Gasteiger partial charge in [0.2, 0.25) is 0 Å². The number of ether oxygens (including phenoxy) is 1. The average Bonchev–Trinajstić information content (AvgIpc) is 2.76. The lowest BCUT2D eigenvalue weighted by atomic mass is 10.2. The van der Waals surface area contributed by atoms with Crippen LogP contribution in [0.1, 0.15) is 25.5 Å². The van der Waals surface area contributed by atoms with E-state index in [0.717, 1.165) is 17.4 Å². The van der Waals surface area contributed by atoms with Gasteiger partial charge in [-0.3, -0.25) is 0 Å². The Bertz CT molecular complexity index is 706. The Kier molecular flexibility index (Phi) is 3.15. The van der Waals surface area contributed by atoms with Gasteiger partial charge >= 0.3 is 11.4 Å². The highest BCUT2D eigenvalue weighted by molar-refractivity contribution is 5.38. The molecule has 3 heterocycles. The smallest absolute Gasteiger partial charge is 0.355 e. The van der Waals surface area contributed by atoms with Crippen LogP contribution in [0.3, 0.4) is 0 Å². The molecule has 3 N–H and O–H groups in total. The van der Waals surface area contributed by atoms with Crippen molar-refractivity contribution in [2.24, 2.45) is 0 Å². The monoisotopic (exact) mass is 277 g/mol. The second kappa shape index (κ2) is 4.97. The highest BCUT2D eigenvalue weighted by atomic mass is 16.5. The van der Waals surface area contributed by atoms with Gasteiger partial charge in [-0.25, -0.2) is 24.4 Å². The van der Waals surface area contributed by atoms with E-state index in [1.807, 2.05) is 0 Å².